The monoisotopic (exact) mass is 489 g/mol. The summed E-state index contributed by atoms with van der Waals surface area (Å²) in [6, 6.07) is 14.5. The average Bonchev–Trinajstić information content (AvgIpc) is 3.54. The third kappa shape index (κ3) is 5.24. The van der Waals surface area contributed by atoms with Crippen LogP contribution in [0.2, 0.25) is 0 Å². The second kappa shape index (κ2) is 10.6. The highest BCUT2D eigenvalue weighted by molar-refractivity contribution is 5.99. The van der Waals surface area contributed by atoms with Gasteiger partial charge in [-0.1, -0.05) is 26.0 Å². The molecular formula is C30H36FN3O2. The number of carbonyl (C=O) groups excluding carboxylic acids is 2. The van der Waals surface area contributed by atoms with Gasteiger partial charge in [0.15, 0.2) is 5.78 Å². The molecule has 1 N–H and O–H groups in total. The fraction of sp³-hybridized carbons (Fsp3) is 0.467. The Morgan fingerprint density at radius 2 is 1.75 bits per heavy atom. The Balaban J connectivity index is 1.15. The fourth-order valence-corrected chi connectivity index (χ4v) is 5.78. The van der Waals surface area contributed by atoms with E-state index in [2.05, 4.69) is 46.8 Å². The molecule has 5 nitrogen and oxygen atoms in total. The first-order chi connectivity index (χ1) is 17.4. The summed E-state index contributed by atoms with van der Waals surface area (Å²) in [5.74, 6) is 0.371. The van der Waals surface area contributed by atoms with E-state index in [1.807, 2.05) is 6.07 Å². The maximum absolute atomic E-state index is 13.4. The summed E-state index contributed by atoms with van der Waals surface area (Å²) in [5.41, 5.74) is 3.58. The van der Waals surface area contributed by atoms with Crippen molar-refractivity contribution >= 4 is 22.6 Å². The summed E-state index contributed by atoms with van der Waals surface area (Å²) in [6.45, 7) is 7.88. The van der Waals surface area contributed by atoms with E-state index >= 15 is 0 Å². The summed E-state index contributed by atoms with van der Waals surface area (Å²) in [7, 11) is 0. The molecule has 0 aliphatic carbocycles. The lowest BCUT2D eigenvalue weighted by Gasteiger charge is -2.33. The van der Waals surface area contributed by atoms with E-state index in [-0.39, 0.29) is 29.5 Å². The van der Waals surface area contributed by atoms with E-state index < -0.39 is 0 Å². The number of H-pyrrole nitrogens is 1. The molecule has 36 heavy (non-hydrogen) atoms. The molecule has 2 aliphatic rings. The molecule has 1 unspecified atom stereocenters. The van der Waals surface area contributed by atoms with Crippen LogP contribution in [0.15, 0.2) is 48.5 Å². The van der Waals surface area contributed by atoms with Gasteiger partial charge in [-0.05, 0) is 93.1 Å². The predicted molar refractivity (Wildman–Crippen MR) is 141 cm³/mol. The van der Waals surface area contributed by atoms with Crippen molar-refractivity contribution in [2.45, 2.75) is 57.9 Å². The molecule has 0 bridgehead atoms. The number of nitrogens with zero attached hydrogens (tertiary/aromatic N) is 2. The van der Waals surface area contributed by atoms with Crippen LogP contribution in [-0.4, -0.2) is 58.7 Å². The summed E-state index contributed by atoms with van der Waals surface area (Å²) >= 11 is 0. The average molecular weight is 490 g/mol. The zero-order chi connectivity index (χ0) is 25.2. The summed E-state index contributed by atoms with van der Waals surface area (Å²) in [4.78, 5) is 34.0. The first-order valence-electron chi connectivity index (χ1n) is 13.3. The number of hydrogen-bond donors (Lipinski definition) is 1. The standard InChI is InChI=1S/C30H36FN3O2/c1-20(2)23-5-6-24-19-28(32-27(24)18-23)30(36)34-14-3-4-26(34)13-17-33-15-11-22(12-16-33)29(35)21-7-9-25(31)10-8-21/h5-10,18-20,22,26,32H,3-4,11-17H2,1-2H3. The summed E-state index contributed by atoms with van der Waals surface area (Å²) in [6.07, 6.45) is 4.71. The molecule has 3 heterocycles. The van der Waals surface area contributed by atoms with Crippen LogP contribution in [0.4, 0.5) is 4.39 Å². The van der Waals surface area contributed by atoms with Crippen molar-refractivity contribution in [3.05, 3.63) is 71.2 Å². The summed E-state index contributed by atoms with van der Waals surface area (Å²) in [5, 5.41) is 1.08. The van der Waals surface area contributed by atoms with Crippen molar-refractivity contribution in [1.82, 2.24) is 14.8 Å². The fourth-order valence-electron chi connectivity index (χ4n) is 5.78. The van der Waals surface area contributed by atoms with E-state index in [4.69, 9.17) is 0 Å². The number of nitrogens with one attached hydrogen (secondary N) is 1. The maximum Gasteiger partial charge on any atom is 0.270 e. The van der Waals surface area contributed by atoms with Gasteiger partial charge in [0.05, 0.1) is 0 Å². The number of amides is 1. The molecule has 190 valence electrons. The van der Waals surface area contributed by atoms with E-state index in [9.17, 15) is 14.0 Å². The van der Waals surface area contributed by atoms with Crippen molar-refractivity contribution in [1.29, 1.82) is 0 Å². The molecule has 2 saturated heterocycles. The van der Waals surface area contributed by atoms with E-state index in [1.165, 1.54) is 17.7 Å². The number of benzene rings is 2. The van der Waals surface area contributed by atoms with Gasteiger partial charge in [0.25, 0.3) is 5.91 Å². The summed E-state index contributed by atoms with van der Waals surface area (Å²) < 4.78 is 13.2. The van der Waals surface area contributed by atoms with Crippen molar-refractivity contribution in [2.75, 3.05) is 26.2 Å². The number of rotatable bonds is 7. The molecule has 6 heteroatoms. The van der Waals surface area contributed by atoms with E-state index in [0.717, 1.165) is 69.2 Å². The van der Waals surface area contributed by atoms with Gasteiger partial charge in [-0.2, -0.15) is 0 Å². The van der Waals surface area contributed by atoms with Crippen LogP contribution in [0, 0.1) is 11.7 Å². The number of fused-ring (bicyclic) bond motifs is 1. The normalized spacial score (nSPS) is 19.4. The van der Waals surface area contributed by atoms with Crippen LogP contribution < -0.4 is 0 Å². The molecule has 5 rings (SSSR count). The van der Waals surface area contributed by atoms with Crippen LogP contribution >= 0.6 is 0 Å². The molecule has 1 atom stereocenters. The first kappa shape index (κ1) is 24.7. The molecule has 2 aliphatic heterocycles. The Bertz CT molecular complexity index is 1220. The quantitative estimate of drug-likeness (QED) is 0.413. The van der Waals surface area contributed by atoms with Crippen molar-refractivity contribution in [3.8, 4) is 0 Å². The molecule has 0 saturated carbocycles. The van der Waals surface area contributed by atoms with Gasteiger partial charge >= 0.3 is 0 Å². The first-order valence-corrected chi connectivity index (χ1v) is 13.3. The van der Waals surface area contributed by atoms with Crippen LogP contribution in [0.1, 0.15) is 78.3 Å². The number of hydrogen-bond acceptors (Lipinski definition) is 3. The zero-order valence-electron chi connectivity index (χ0n) is 21.3. The van der Waals surface area contributed by atoms with Gasteiger partial charge < -0.3 is 14.8 Å². The number of carbonyl (C=O) groups is 2. The second-order valence-electron chi connectivity index (χ2n) is 10.8. The molecule has 1 amide bonds. The smallest absolute Gasteiger partial charge is 0.270 e. The third-order valence-corrected chi connectivity index (χ3v) is 8.05. The number of likely N-dealkylation sites (tertiary alicyclic amines) is 2. The van der Waals surface area contributed by atoms with Gasteiger partial charge in [0.1, 0.15) is 11.5 Å². The highest BCUT2D eigenvalue weighted by atomic mass is 19.1. The molecule has 2 fully saturated rings. The molecule has 0 radical (unpaired) electrons. The minimum atomic E-state index is -0.314. The van der Waals surface area contributed by atoms with Crippen LogP contribution in [0.25, 0.3) is 10.9 Å². The minimum Gasteiger partial charge on any atom is -0.351 e. The SMILES string of the molecule is CC(C)c1ccc2cc(C(=O)N3CCCC3CCN3CCC(C(=O)c4ccc(F)cc4)CC3)[nH]c2c1. The molecular weight excluding hydrogens is 453 g/mol. The third-order valence-electron chi connectivity index (χ3n) is 8.05. The molecule has 3 aromatic rings. The molecule has 2 aromatic carbocycles. The largest absolute Gasteiger partial charge is 0.351 e. The molecule has 0 spiro atoms. The van der Waals surface area contributed by atoms with Crippen molar-refractivity contribution in [2.24, 2.45) is 5.92 Å². The second-order valence-corrected chi connectivity index (χ2v) is 10.8. The lowest BCUT2D eigenvalue weighted by molar-refractivity contribution is 0.0700. The van der Waals surface area contributed by atoms with E-state index in [1.54, 1.807) is 12.1 Å². The van der Waals surface area contributed by atoms with Crippen LogP contribution in [0.5, 0.6) is 0 Å². The lowest BCUT2D eigenvalue weighted by atomic mass is 9.88. The van der Waals surface area contributed by atoms with Crippen molar-refractivity contribution < 1.29 is 14.0 Å². The van der Waals surface area contributed by atoms with E-state index in [0.29, 0.717) is 17.2 Å². The number of aromatic amines is 1. The zero-order valence-corrected chi connectivity index (χ0v) is 21.3. The Kier molecular flexibility index (Phi) is 7.24. The van der Waals surface area contributed by atoms with Crippen LogP contribution in [0.3, 0.4) is 0 Å². The minimum absolute atomic E-state index is 0.00879. The lowest BCUT2D eigenvalue weighted by Crippen LogP contribution is -2.41. The van der Waals surface area contributed by atoms with Gasteiger partial charge in [-0.3, -0.25) is 9.59 Å². The number of halogens is 1. The predicted octanol–water partition coefficient (Wildman–Crippen LogP) is 6.02. The molecule has 1 aromatic heterocycles. The highest BCUT2D eigenvalue weighted by Crippen LogP contribution is 2.27. The number of piperidine rings is 1. The maximum atomic E-state index is 13.4. The number of Topliss-reactive ketones (excluding diaryl/α,β-unsaturated/α-hetero) is 1. The van der Waals surface area contributed by atoms with Crippen molar-refractivity contribution in [3.63, 3.8) is 0 Å². The number of ketones is 1. The van der Waals surface area contributed by atoms with Gasteiger partial charge in [-0.25, -0.2) is 4.39 Å². The van der Waals surface area contributed by atoms with Gasteiger partial charge in [0.2, 0.25) is 0 Å². The van der Waals surface area contributed by atoms with Crippen LogP contribution in [-0.2, 0) is 0 Å². The van der Waals surface area contributed by atoms with Gasteiger partial charge in [0, 0.05) is 41.5 Å². The van der Waals surface area contributed by atoms with Gasteiger partial charge in [-0.15, -0.1) is 0 Å². The Hall–Kier alpha value is -2.99. The Morgan fingerprint density at radius 1 is 1.00 bits per heavy atom. The Labute approximate surface area is 212 Å². The topological polar surface area (TPSA) is 56.4 Å². The highest BCUT2D eigenvalue weighted by Gasteiger charge is 2.31. The number of aromatic nitrogens is 1. The Morgan fingerprint density at radius 3 is 2.47 bits per heavy atom.